The monoisotopic (exact) mass is 331 g/mol. The predicted molar refractivity (Wildman–Crippen MR) is 90.2 cm³/mol. The van der Waals surface area contributed by atoms with Gasteiger partial charge in [0.1, 0.15) is 11.6 Å². The minimum Gasteiger partial charge on any atom is -0.508 e. The zero-order chi connectivity index (χ0) is 15.7. The van der Waals surface area contributed by atoms with Crippen LogP contribution in [0.3, 0.4) is 0 Å². The zero-order valence-corrected chi connectivity index (χ0v) is 12.8. The molecule has 3 rings (SSSR count). The topological polar surface area (TPSA) is 40.5 Å². The smallest absolute Gasteiger partial charge is 0.270 e. The first-order valence-electron chi connectivity index (χ1n) is 6.37. The van der Waals surface area contributed by atoms with E-state index in [2.05, 4.69) is 0 Å². The first kappa shape index (κ1) is 14.7. The summed E-state index contributed by atoms with van der Waals surface area (Å²) in [5, 5.41) is 9.32. The van der Waals surface area contributed by atoms with Crippen LogP contribution >= 0.6 is 24.0 Å². The summed E-state index contributed by atoms with van der Waals surface area (Å²) in [5.41, 5.74) is 1.33. The number of aromatic hydroxyl groups is 1. The van der Waals surface area contributed by atoms with E-state index in [-0.39, 0.29) is 17.5 Å². The van der Waals surface area contributed by atoms with E-state index in [1.54, 1.807) is 30.3 Å². The van der Waals surface area contributed by atoms with Crippen molar-refractivity contribution in [2.75, 3.05) is 4.90 Å². The molecule has 0 bridgehead atoms. The van der Waals surface area contributed by atoms with Crippen LogP contribution in [0.25, 0.3) is 6.08 Å². The maximum Gasteiger partial charge on any atom is 0.270 e. The van der Waals surface area contributed by atoms with Crippen molar-refractivity contribution in [2.24, 2.45) is 0 Å². The first-order valence-corrected chi connectivity index (χ1v) is 7.59. The lowest BCUT2D eigenvalue weighted by Crippen LogP contribution is -2.27. The van der Waals surface area contributed by atoms with Crippen molar-refractivity contribution in [1.82, 2.24) is 0 Å². The number of anilines is 1. The van der Waals surface area contributed by atoms with Gasteiger partial charge in [-0.3, -0.25) is 9.69 Å². The molecule has 2 aromatic carbocycles. The minimum absolute atomic E-state index is 0.121. The fraction of sp³-hybridized carbons (Fsp3) is 0. The number of hydrogen-bond acceptors (Lipinski definition) is 4. The summed E-state index contributed by atoms with van der Waals surface area (Å²) < 4.78 is 13.3. The van der Waals surface area contributed by atoms with E-state index in [0.29, 0.717) is 14.9 Å². The number of thioether (sulfide) groups is 1. The van der Waals surface area contributed by atoms with E-state index >= 15 is 0 Å². The highest BCUT2D eigenvalue weighted by atomic mass is 32.2. The molecule has 0 aromatic heterocycles. The Hall–Kier alpha value is -2.18. The Morgan fingerprint density at radius 3 is 2.36 bits per heavy atom. The molecule has 0 atom stereocenters. The maximum absolute atomic E-state index is 12.9. The number of benzene rings is 2. The molecule has 3 nitrogen and oxygen atoms in total. The van der Waals surface area contributed by atoms with Gasteiger partial charge in [-0.2, -0.15) is 0 Å². The summed E-state index contributed by atoms with van der Waals surface area (Å²) in [5.74, 6) is -0.435. The molecule has 0 aliphatic carbocycles. The molecule has 110 valence electrons. The van der Waals surface area contributed by atoms with E-state index in [1.807, 2.05) is 0 Å². The molecule has 1 aliphatic heterocycles. The van der Waals surface area contributed by atoms with Crippen LogP contribution in [0.5, 0.6) is 5.75 Å². The van der Waals surface area contributed by atoms with E-state index in [1.165, 1.54) is 40.9 Å². The lowest BCUT2D eigenvalue weighted by atomic mass is 10.2. The predicted octanol–water partition coefficient (Wildman–Crippen LogP) is 3.94. The SMILES string of the molecule is O=C1C(=Cc2ccc(F)cc2)SC(=S)N1c1ccc(O)cc1. The summed E-state index contributed by atoms with van der Waals surface area (Å²) in [6.45, 7) is 0. The highest BCUT2D eigenvalue weighted by molar-refractivity contribution is 8.27. The third kappa shape index (κ3) is 2.88. The number of rotatable bonds is 2. The third-order valence-corrected chi connectivity index (χ3v) is 4.37. The number of amides is 1. The van der Waals surface area contributed by atoms with Crippen LogP contribution in [0.4, 0.5) is 10.1 Å². The van der Waals surface area contributed by atoms with E-state index < -0.39 is 0 Å². The van der Waals surface area contributed by atoms with Crippen LogP contribution in [0.15, 0.2) is 53.4 Å². The second kappa shape index (κ2) is 5.90. The van der Waals surface area contributed by atoms with Gasteiger partial charge in [0.15, 0.2) is 4.32 Å². The second-order valence-electron chi connectivity index (χ2n) is 4.59. The van der Waals surface area contributed by atoms with E-state index in [4.69, 9.17) is 12.2 Å². The molecule has 1 aliphatic rings. The Morgan fingerprint density at radius 2 is 1.73 bits per heavy atom. The van der Waals surface area contributed by atoms with Gasteiger partial charge in [-0.15, -0.1) is 0 Å². The van der Waals surface area contributed by atoms with Gasteiger partial charge < -0.3 is 5.11 Å². The molecule has 1 fully saturated rings. The fourth-order valence-corrected chi connectivity index (χ4v) is 3.30. The third-order valence-electron chi connectivity index (χ3n) is 3.07. The maximum atomic E-state index is 12.9. The van der Waals surface area contributed by atoms with Crippen molar-refractivity contribution < 1.29 is 14.3 Å². The van der Waals surface area contributed by atoms with Crippen molar-refractivity contribution in [1.29, 1.82) is 0 Å². The Bertz CT molecular complexity index is 770. The molecule has 1 amide bonds. The highest BCUT2D eigenvalue weighted by Crippen LogP contribution is 2.36. The second-order valence-corrected chi connectivity index (χ2v) is 6.26. The molecule has 1 N–H and O–H groups in total. The molecule has 0 unspecified atom stereocenters. The number of phenolic OH excluding ortho intramolecular Hbond substituents is 1. The quantitative estimate of drug-likeness (QED) is 0.668. The minimum atomic E-state index is -0.325. The molecule has 0 spiro atoms. The Kier molecular flexibility index (Phi) is 3.96. The molecule has 2 aromatic rings. The summed E-state index contributed by atoms with van der Waals surface area (Å²) in [4.78, 5) is 14.4. The van der Waals surface area contributed by atoms with Gasteiger partial charge >= 0.3 is 0 Å². The van der Waals surface area contributed by atoms with Gasteiger partial charge in [0.25, 0.3) is 5.91 Å². The molecular formula is C16H10FNO2S2. The van der Waals surface area contributed by atoms with Gasteiger partial charge in [0.2, 0.25) is 0 Å². The highest BCUT2D eigenvalue weighted by Gasteiger charge is 2.33. The molecule has 1 heterocycles. The van der Waals surface area contributed by atoms with Crippen molar-refractivity contribution >= 4 is 46.0 Å². The van der Waals surface area contributed by atoms with Crippen LogP contribution in [0.1, 0.15) is 5.56 Å². The molecular weight excluding hydrogens is 321 g/mol. The number of carbonyl (C=O) groups excluding carboxylic acids is 1. The average Bonchev–Trinajstić information content (AvgIpc) is 2.77. The normalized spacial score (nSPS) is 16.6. The molecule has 22 heavy (non-hydrogen) atoms. The van der Waals surface area contributed by atoms with Crippen LogP contribution in [-0.2, 0) is 4.79 Å². The van der Waals surface area contributed by atoms with E-state index in [9.17, 15) is 14.3 Å². The van der Waals surface area contributed by atoms with E-state index in [0.717, 1.165) is 5.56 Å². The summed E-state index contributed by atoms with van der Waals surface area (Å²) in [6, 6.07) is 12.1. The number of nitrogens with zero attached hydrogens (tertiary/aromatic N) is 1. The number of carbonyl (C=O) groups is 1. The lowest BCUT2D eigenvalue weighted by Gasteiger charge is -2.14. The number of hydrogen-bond donors (Lipinski definition) is 1. The van der Waals surface area contributed by atoms with Crippen molar-refractivity contribution in [2.45, 2.75) is 0 Å². The number of thiocarbonyl (C=S) groups is 1. The molecule has 0 radical (unpaired) electrons. The zero-order valence-electron chi connectivity index (χ0n) is 11.2. The summed E-state index contributed by atoms with van der Waals surface area (Å²) >= 11 is 6.44. The van der Waals surface area contributed by atoms with Gasteiger partial charge in [-0.25, -0.2) is 4.39 Å². The van der Waals surface area contributed by atoms with Crippen LogP contribution in [0, 0.1) is 5.82 Å². The largest absolute Gasteiger partial charge is 0.508 e. The average molecular weight is 331 g/mol. The number of phenols is 1. The Balaban J connectivity index is 1.91. The van der Waals surface area contributed by atoms with Crippen LogP contribution < -0.4 is 4.90 Å². The van der Waals surface area contributed by atoms with Crippen molar-refractivity contribution in [3.63, 3.8) is 0 Å². The van der Waals surface area contributed by atoms with Gasteiger partial charge in [-0.05, 0) is 48.0 Å². The molecule has 1 saturated heterocycles. The van der Waals surface area contributed by atoms with Crippen LogP contribution in [-0.4, -0.2) is 15.3 Å². The van der Waals surface area contributed by atoms with Gasteiger partial charge in [0, 0.05) is 0 Å². The Morgan fingerprint density at radius 1 is 1.09 bits per heavy atom. The molecule has 6 heteroatoms. The van der Waals surface area contributed by atoms with Gasteiger partial charge in [-0.1, -0.05) is 36.1 Å². The summed E-state index contributed by atoms with van der Waals surface area (Å²) in [7, 11) is 0. The molecule has 0 saturated carbocycles. The van der Waals surface area contributed by atoms with Crippen LogP contribution in [0.2, 0.25) is 0 Å². The standard InChI is InChI=1S/C16H10FNO2S2/c17-11-3-1-10(2-4-11)9-14-15(20)18(16(21)22-14)12-5-7-13(19)8-6-12/h1-9,19H. The van der Waals surface area contributed by atoms with Crippen molar-refractivity contribution in [3.8, 4) is 5.75 Å². The fourth-order valence-electron chi connectivity index (χ4n) is 2.00. The first-order chi connectivity index (χ1) is 10.5. The lowest BCUT2D eigenvalue weighted by molar-refractivity contribution is -0.113. The van der Waals surface area contributed by atoms with Gasteiger partial charge in [0.05, 0.1) is 10.6 Å². The number of halogens is 1. The van der Waals surface area contributed by atoms with Crippen molar-refractivity contribution in [3.05, 3.63) is 64.8 Å². The Labute approximate surface area is 136 Å². The summed E-state index contributed by atoms with van der Waals surface area (Å²) in [6.07, 6.45) is 1.68.